The van der Waals surface area contributed by atoms with Crippen molar-refractivity contribution in [3.8, 4) is 0 Å². The van der Waals surface area contributed by atoms with E-state index in [0.717, 1.165) is 5.56 Å². The van der Waals surface area contributed by atoms with Gasteiger partial charge < -0.3 is 15.2 Å². The predicted molar refractivity (Wildman–Crippen MR) is 86.3 cm³/mol. The van der Waals surface area contributed by atoms with Gasteiger partial charge in [0.15, 0.2) is 0 Å². The Morgan fingerprint density at radius 1 is 1.04 bits per heavy atom. The maximum absolute atomic E-state index is 12.0. The normalized spacial score (nSPS) is 11.6. The van der Waals surface area contributed by atoms with Crippen molar-refractivity contribution in [3.63, 3.8) is 0 Å². The van der Waals surface area contributed by atoms with E-state index < -0.39 is 12.1 Å². The SMILES string of the molecule is COC(=O)c1ccc(C(=O)NCC(O)Cc2ccccc2)cc1. The first-order valence-electron chi connectivity index (χ1n) is 7.28. The van der Waals surface area contributed by atoms with Crippen molar-refractivity contribution in [3.05, 3.63) is 71.3 Å². The van der Waals surface area contributed by atoms with E-state index in [2.05, 4.69) is 10.1 Å². The van der Waals surface area contributed by atoms with Gasteiger partial charge in [0.1, 0.15) is 0 Å². The van der Waals surface area contributed by atoms with Crippen LogP contribution in [0.2, 0.25) is 0 Å². The molecule has 0 saturated heterocycles. The van der Waals surface area contributed by atoms with Crippen molar-refractivity contribution in [1.29, 1.82) is 0 Å². The third-order valence-corrected chi connectivity index (χ3v) is 3.38. The van der Waals surface area contributed by atoms with Gasteiger partial charge in [-0.15, -0.1) is 0 Å². The van der Waals surface area contributed by atoms with Gasteiger partial charge in [-0.3, -0.25) is 4.79 Å². The van der Waals surface area contributed by atoms with Gasteiger partial charge in [0.05, 0.1) is 18.8 Å². The molecule has 2 N–H and O–H groups in total. The standard InChI is InChI=1S/C18H19NO4/c1-23-18(22)15-9-7-14(8-10-15)17(21)19-12-16(20)11-13-5-3-2-4-6-13/h2-10,16,20H,11-12H2,1H3,(H,19,21). The summed E-state index contributed by atoms with van der Waals surface area (Å²) < 4.78 is 4.60. The predicted octanol–water partition coefficient (Wildman–Crippen LogP) is 1.81. The van der Waals surface area contributed by atoms with E-state index in [1.807, 2.05) is 30.3 Å². The lowest BCUT2D eigenvalue weighted by atomic mass is 10.1. The number of hydrogen-bond donors (Lipinski definition) is 2. The van der Waals surface area contributed by atoms with Crippen molar-refractivity contribution < 1.29 is 19.4 Å². The molecular weight excluding hydrogens is 294 g/mol. The van der Waals surface area contributed by atoms with Gasteiger partial charge in [-0.25, -0.2) is 4.79 Å². The highest BCUT2D eigenvalue weighted by Crippen LogP contribution is 2.06. The average molecular weight is 313 g/mol. The molecule has 0 heterocycles. The smallest absolute Gasteiger partial charge is 0.337 e. The number of ether oxygens (including phenoxy) is 1. The highest BCUT2D eigenvalue weighted by molar-refractivity contribution is 5.96. The Kier molecular flexibility index (Phi) is 5.88. The Labute approximate surface area is 134 Å². The summed E-state index contributed by atoms with van der Waals surface area (Å²) in [6, 6.07) is 15.7. The molecule has 2 aromatic carbocycles. The van der Waals surface area contributed by atoms with E-state index in [1.54, 1.807) is 12.1 Å². The molecule has 0 saturated carbocycles. The molecule has 0 fully saturated rings. The Bertz CT molecular complexity index is 652. The van der Waals surface area contributed by atoms with Crippen LogP contribution in [0, 0.1) is 0 Å². The highest BCUT2D eigenvalue weighted by Gasteiger charge is 2.11. The number of aliphatic hydroxyl groups is 1. The molecule has 5 heteroatoms. The van der Waals surface area contributed by atoms with Gasteiger partial charge in [0.25, 0.3) is 5.91 Å². The lowest BCUT2D eigenvalue weighted by molar-refractivity contribution is 0.0600. The summed E-state index contributed by atoms with van der Waals surface area (Å²) in [4.78, 5) is 23.3. The molecule has 0 spiro atoms. The molecule has 23 heavy (non-hydrogen) atoms. The minimum absolute atomic E-state index is 0.159. The zero-order chi connectivity index (χ0) is 16.7. The van der Waals surface area contributed by atoms with Crippen molar-refractivity contribution >= 4 is 11.9 Å². The summed E-state index contributed by atoms with van der Waals surface area (Å²) in [7, 11) is 1.30. The van der Waals surface area contributed by atoms with Crippen molar-refractivity contribution in [2.75, 3.05) is 13.7 Å². The fourth-order valence-electron chi connectivity index (χ4n) is 2.15. The average Bonchev–Trinajstić information content (AvgIpc) is 2.60. The first-order chi connectivity index (χ1) is 11.1. The van der Waals surface area contributed by atoms with Crippen LogP contribution in [-0.4, -0.2) is 36.7 Å². The second kappa shape index (κ2) is 8.10. The van der Waals surface area contributed by atoms with Crippen LogP contribution in [-0.2, 0) is 11.2 Å². The van der Waals surface area contributed by atoms with E-state index >= 15 is 0 Å². The monoisotopic (exact) mass is 313 g/mol. The van der Waals surface area contributed by atoms with Crippen LogP contribution in [0.15, 0.2) is 54.6 Å². The van der Waals surface area contributed by atoms with E-state index in [0.29, 0.717) is 17.5 Å². The molecule has 0 aliphatic heterocycles. The minimum atomic E-state index is -0.657. The van der Waals surface area contributed by atoms with Gasteiger partial charge in [-0.1, -0.05) is 30.3 Å². The van der Waals surface area contributed by atoms with Crippen molar-refractivity contribution in [1.82, 2.24) is 5.32 Å². The number of carbonyl (C=O) groups excluding carboxylic acids is 2. The molecule has 5 nitrogen and oxygen atoms in total. The Hall–Kier alpha value is -2.66. The molecule has 0 bridgehead atoms. The van der Waals surface area contributed by atoms with E-state index in [1.165, 1.54) is 19.2 Å². The Morgan fingerprint density at radius 2 is 1.65 bits per heavy atom. The molecule has 0 aliphatic carbocycles. The number of methoxy groups -OCH3 is 1. The fourth-order valence-corrected chi connectivity index (χ4v) is 2.15. The summed E-state index contributed by atoms with van der Waals surface area (Å²) in [6.07, 6.45) is -0.182. The van der Waals surface area contributed by atoms with Crippen LogP contribution in [0.1, 0.15) is 26.3 Å². The van der Waals surface area contributed by atoms with Crippen LogP contribution in [0.3, 0.4) is 0 Å². The maximum atomic E-state index is 12.0. The molecule has 1 unspecified atom stereocenters. The van der Waals surface area contributed by atoms with Gasteiger partial charge in [-0.2, -0.15) is 0 Å². The number of benzene rings is 2. The molecule has 1 amide bonds. The summed E-state index contributed by atoms with van der Waals surface area (Å²) in [6.45, 7) is 0.159. The summed E-state index contributed by atoms with van der Waals surface area (Å²) >= 11 is 0. The molecule has 0 aromatic heterocycles. The number of rotatable bonds is 6. The Balaban J connectivity index is 1.85. The fraction of sp³-hybridized carbons (Fsp3) is 0.222. The lowest BCUT2D eigenvalue weighted by Crippen LogP contribution is -2.33. The first kappa shape index (κ1) is 16.7. The second-order valence-corrected chi connectivity index (χ2v) is 5.12. The van der Waals surface area contributed by atoms with Crippen molar-refractivity contribution in [2.24, 2.45) is 0 Å². The zero-order valence-electron chi connectivity index (χ0n) is 12.9. The summed E-state index contributed by atoms with van der Waals surface area (Å²) in [5.74, 6) is -0.747. The quantitative estimate of drug-likeness (QED) is 0.798. The van der Waals surface area contributed by atoms with E-state index in [9.17, 15) is 14.7 Å². The first-order valence-corrected chi connectivity index (χ1v) is 7.28. The lowest BCUT2D eigenvalue weighted by Gasteiger charge is -2.12. The number of hydrogen-bond acceptors (Lipinski definition) is 4. The number of carbonyl (C=O) groups is 2. The second-order valence-electron chi connectivity index (χ2n) is 5.12. The number of nitrogens with one attached hydrogen (secondary N) is 1. The van der Waals surface area contributed by atoms with E-state index in [-0.39, 0.29) is 12.5 Å². The third kappa shape index (κ3) is 4.93. The van der Waals surface area contributed by atoms with Gasteiger partial charge in [-0.05, 0) is 29.8 Å². The molecule has 2 aromatic rings. The minimum Gasteiger partial charge on any atom is -0.465 e. The molecule has 0 aliphatic rings. The molecule has 1 atom stereocenters. The van der Waals surface area contributed by atoms with Crippen LogP contribution in [0.25, 0.3) is 0 Å². The topological polar surface area (TPSA) is 75.6 Å². The van der Waals surface area contributed by atoms with Gasteiger partial charge in [0.2, 0.25) is 0 Å². The van der Waals surface area contributed by atoms with Gasteiger partial charge in [0, 0.05) is 18.5 Å². The van der Waals surface area contributed by atoms with E-state index in [4.69, 9.17) is 0 Å². The maximum Gasteiger partial charge on any atom is 0.337 e. The van der Waals surface area contributed by atoms with Crippen LogP contribution >= 0.6 is 0 Å². The summed E-state index contributed by atoms with van der Waals surface area (Å²) in [5, 5.41) is 12.6. The van der Waals surface area contributed by atoms with Gasteiger partial charge >= 0.3 is 5.97 Å². The molecule has 120 valence electrons. The molecule has 0 radical (unpaired) electrons. The summed E-state index contributed by atoms with van der Waals surface area (Å²) in [5.41, 5.74) is 1.81. The largest absolute Gasteiger partial charge is 0.465 e. The molecular formula is C18H19NO4. The van der Waals surface area contributed by atoms with Crippen molar-refractivity contribution in [2.45, 2.75) is 12.5 Å². The number of amides is 1. The number of aliphatic hydroxyl groups excluding tert-OH is 1. The Morgan fingerprint density at radius 3 is 2.26 bits per heavy atom. The van der Waals surface area contributed by atoms with Crippen LogP contribution in [0.4, 0.5) is 0 Å². The third-order valence-electron chi connectivity index (χ3n) is 3.38. The zero-order valence-corrected chi connectivity index (χ0v) is 12.9. The van der Waals surface area contributed by atoms with Crippen LogP contribution in [0.5, 0.6) is 0 Å². The van der Waals surface area contributed by atoms with Crippen LogP contribution < -0.4 is 5.32 Å². The molecule has 2 rings (SSSR count). The highest BCUT2D eigenvalue weighted by atomic mass is 16.5. The number of esters is 1.